The highest BCUT2D eigenvalue weighted by Gasteiger charge is 2.23. The Morgan fingerprint density at radius 1 is 1.43 bits per heavy atom. The molecule has 1 heterocycles. The summed E-state index contributed by atoms with van der Waals surface area (Å²) < 4.78 is 0. The molecule has 2 atom stereocenters. The van der Waals surface area contributed by atoms with E-state index in [1.807, 2.05) is 0 Å². The van der Waals surface area contributed by atoms with Crippen LogP contribution < -0.4 is 5.73 Å². The SMILES string of the molecule is Cn1nnc(CC2CCCCC2N)n1. The third-order valence-electron chi connectivity index (χ3n) is 2.96. The highest BCUT2D eigenvalue weighted by molar-refractivity contribution is 4.87. The van der Waals surface area contributed by atoms with Gasteiger partial charge < -0.3 is 5.73 Å². The fourth-order valence-electron chi connectivity index (χ4n) is 2.13. The summed E-state index contributed by atoms with van der Waals surface area (Å²) in [6.45, 7) is 0. The molecule has 0 radical (unpaired) electrons. The number of hydrogen-bond acceptors (Lipinski definition) is 4. The molecule has 5 heteroatoms. The molecule has 1 fully saturated rings. The standard InChI is InChI=1S/C9H17N5/c1-14-12-9(11-13-14)6-7-4-2-3-5-8(7)10/h7-8H,2-6,10H2,1H3. The van der Waals surface area contributed by atoms with E-state index in [1.54, 1.807) is 7.05 Å². The van der Waals surface area contributed by atoms with Gasteiger partial charge in [0, 0.05) is 12.5 Å². The van der Waals surface area contributed by atoms with Gasteiger partial charge in [0.1, 0.15) is 0 Å². The summed E-state index contributed by atoms with van der Waals surface area (Å²) in [6, 6.07) is 0.326. The van der Waals surface area contributed by atoms with E-state index in [-0.39, 0.29) is 0 Å². The molecule has 0 amide bonds. The molecule has 1 aromatic rings. The lowest BCUT2D eigenvalue weighted by Crippen LogP contribution is -2.34. The number of hydrogen-bond donors (Lipinski definition) is 1. The van der Waals surface area contributed by atoms with Crippen LogP contribution in [-0.4, -0.2) is 26.2 Å². The van der Waals surface area contributed by atoms with E-state index in [9.17, 15) is 0 Å². The Labute approximate surface area is 83.7 Å². The van der Waals surface area contributed by atoms with Crippen LogP contribution >= 0.6 is 0 Å². The monoisotopic (exact) mass is 195 g/mol. The predicted molar refractivity (Wildman–Crippen MR) is 52.4 cm³/mol. The fraction of sp³-hybridized carbons (Fsp3) is 0.889. The van der Waals surface area contributed by atoms with Crippen LogP contribution in [0.4, 0.5) is 0 Å². The van der Waals surface area contributed by atoms with Gasteiger partial charge in [-0.1, -0.05) is 12.8 Å². The minimum absolute atomic E-state index is 0.326. The summed E-state index contributed by atoms with van der Waals surface area (Å²) in [7, 11) is 1.79. The number of aromatic nitrogens is 4. The predicted octanol–water partition coefficient (Wildman–Crippen LogP) is 0.270. The summed E-state index contributed by atoms with van der Waals surface area (Å²) in [5.41, 5.74) is 6.05. The second kappa shape index (κ2) is 4.04. The molecule has 2 rings (SSSR count). The van der Waals surface area contributed by atoms with Crippen LogP contribution in [-0.2, 0) is 13.5 Å². The van der Waals surface area contributed by atoms with Gasteiger partial charge in [-0.25, -0.2) is 0 Å². The van der Waals surface area contributed by atoms with E-state index in [4.69, 9.17) is 5.73 Å². The van der Waals surface area contributed by atoms with Crippen molar-refractivity contribution in [3.8, 4) is 0 Å². The van der Waals surface area contributed by atoms with Crippen LogP contribution in [0.25, 0.3) is 0 Å². The van der Waals surface area contributed by atoms with Crippen molar-refractivity contribution < 1.29 is 0 Å². The molecule has 0 bridgehead atoms. The second-order valence-corrected chi connectivity index (χ2v) is 4.11. The number of aryl methyl sites for hydroxylation is 1. The lowest BCUT2D eigenvalue weighted by Gasteiger charge is -2.27. The highest BCUT2D eigenvalue weighted by Crippen LogP contribution is 2.24. The maximum atomic E-state index is 6.05. The van der Waals surface area contributed by atoms with Crippen molar-refractivity contribution in [2.45, 2.75) is 38.1 Å². The zero-order chi connectivity index (χ0) is 9.97. The van der Waals surface area contributed by atoms with Gasteiger partial charge in [-0.3, -0.25) is 0 Å². The fourth-order valence-corrected chi connectivity index (χ4v) is 2.13. The Balaban J connectivity index is 1.95. The van der Waals surface area contributed by atoms with Crippen molar-refractivity contribution >= 4 is 0 Å². The molecule has 2 unspecified atom stereocenters. The minimum atomic E-state index is 0.326. The summed E-state index contributed by atoms with van der Waals surface area (Å²) in [5, 5.41) is 12.0. The lowest BCUT2D eigenvalue weighted by atomic mass is 9.83. The van der Waals surface area contributed by atoms with E-state index in [0.717, 1.165) is 18.7 Å². The molecule has 2 N–H and O–H groups in total. The van der Waals surface area contributed by atoms with E-state index in [0.29, 0.717) is 12.0 Å². The first-order valence-corrected chi connectivity index (χ1v) is 5.24. The van der Waals surface area contributed by atoms with Crippen molar-refractivity contribution in [2.24, 2.45) is 18.7 Å². The molecule has 14 heavy (non-hydrogen) atoms. The Hall–Kier alpha value is -0.970. The first-order valence-electron chi connectivity index (χ1n) is 5.24. The van der Waals surface area contributed by atoms with E-state index in [2.05, 4.69) is 15.4 Å². The van der Waals surface area contributed by atoms with Gasteiger partial charge in [-0.05, 0) is 24.0 Å². The molecule has 0 aromatic carbocycles. The molecule has 0 saturated heterocycles. The Kier molecular flexibility index (Phi) is 2.77. The third kappa shape index (κ3) is 2.09. The van der Waals surface area contributed by atoms with Crippen LogP contribution in [0, 0.1) is 5.92 Å². The average molecular weight is 195 g/mol. The van der Waals surface area contributed by atoms with Gasteiger partial charge in [-0.2, -0.15) is 4.80 Å². The van der Waals surface area contributed by atoms with Gasteiger partial charge in [0.15, 0.2) is 5.82 Å². The maximum Gasteiger partial charge on any atom is 0.175 e. The quantitative estimate of drug-likeness (QED) is 0.735. The molecular weight excluding hydrogens is 178 g/mol. The lowest BCUT2D eigenvalue weighted by molar-refractivity contribution is 0.302. The smallest absolute Gasteiger partial charge is 0.175 e. The molecule has 0 spiro atoms. The van der Waals surface area contributed by atoms with E-state index in [1.165, 1.54) is 24.1 Å². The topological polar surface area (TPSA) is 69.6 Å². The molecule has 1 aliphatic carbocycles. The number of rotatable bonds is 2. The van der Waals surface area contributed by atoms with Gasteiger partial charge in [0.2, 0.25) is 0 Å². The van der Waals surface area contributed by atoms with Crippen LogP contribution in [0.2, 0.25) is 0 Å². The van der Waals surface area contributed by atoms with Crippen LogP contribution in [0.5, 0.6) is 0 Å². The molecule has 1 aliphatic rings. The van der Waals surface area contributed by atoms with Crippen LogP contribution in [0.1, 0.15) is 31.5 Å². The Morgan fingerprint density at radius 2 is 2.21 bits per heavy atom. The molecule has 5 nitrogen and oxygen atoms in total. The van der Waals surface area contributed by atoms with E-state index >= 15 is 0 Å². The second-order valence-electron chi connectivity index (χ2n) is 4.11. The number of tetrazole rings is 1. The average Bonchev–Trinajstić information content (AvgIpc) is 2.56. The first kappa shape index (κ1) is 9.58. The first-order chi connectivity index (χ1) is 6.75. The molecular formula is C9H17N5. The van der Waals surface area contributed by atoms with Crippen molar-refractivity contribution in [2.75, 3.05) is 0 Å². The van der Waals surface area contributed by atoms with Crippen molar-refractivity contribution in [1.29, 1.82) is 0 Å². The number of nitrogens with zero attached hydrogens (tertiary/aromatic N) is 4. The van der Waals surface area contributed by atoms with Crippen molar-refractivity contribution in [3.63, 3.8) is 0 Å². The number of nitrogens with two attached hydrogens (primary N) is 1. The van der Waals surface area contributed by atoms with E-state index < -0.39 is 0 Å². The Morgan fingerprint density at radius 3 is 2.86 bits per heavy atom. The minimum Gasteiger partial charge on any atom is -0.327 e. The zero-order valence-corrected chi connectivity index (χ0v) is 8.56. The van der Waals surface area contributed by atoms with Gasteiger partial charge in [0.25, 0.3) is 0 Å². The van der Waals surface area contributed by atoms with Crippen LogP contribution in [0.15, 0.2) is 0 Å². The normalized spacial score (nSPS) is 27.9. The van der Waals surface area contributed by atoms with Crippen molar-refractivity contribution in [3.05, 3.63) is 5.82 Å². The molecule has 1 saturated carbocycles. The van der Waals surface area contributed by atoms with Gasteiger partial charge in [0.05, 0.1) is 7.05 Å². The molecule has 0 aliphatic heterocycles. The van der Waals surface area contributed by atoms with Gasteiger partial charge in [-0.15, -0.1) is 10.2 Å². The summed E-state index contributed by atoms with van der Waals surface area (Å²) in [5.74, 6) is 1.38. The molecule has 78 valence electrons. The maximum absolute atomic E-state index is 6.05. The van der Waals surface area contributed by atoms with Gasteiger partial charge >= 0.3 is 0 Å². The largest absolute Gasteiger partial charge is 0.327 e. The van der Waals surface area contributed by atoms with Crippen LogP contribution in [0.3, 0.4) is 0 Å². The summed E-state index contributed by atoms with van der Waals surface area (Å²) in [4.78, 5) is 1.50. The summed E-state index contributed by atoms with van der Waals surface area (Å²) >= 11 is 0. The zero-order valence-electron chi connectivity index (χ0n) is 8.56. The molecule has 1 aromatic heterocycles. The van der Waals surface area contributed by atoms with Crippen molar-refractivity contribution in [1.82, 2.24) is 20.2 Å². The third-order valence-corrected chi connectivity index (χ3v) is 2.96. The summed E-state index contributed by atoms with van der Waals surface area (Å²) in [6.07, 6.45) is 5.80. The Bertz CT molecular complexity index is 295. The highest BCUT2D eigenvalue weighted by atomic mass is 15.6.